The summed E-state index contributed by atoms with van der Waals surface area (Å²) in [5.74, 6) is 1.26. The number of pyridine rings is 1. The van der Waals surface area contributed by atoms with Gasteiger partial charge < -0.3 is 10.1 Å². The van der Waals surface area contributed by atoms with E-state index in [9.17, 15) is 4.79 Å². The molecule has 0 radical (unpaired) electrons. The number of nitrogens with zero attached hydrogens (tertiary/aromatic N) is 2. The number of carbonyl (C=O) groups excluding carboxylic acids is 1. The van der Waals surface area contributed by atoms with E-state index in [-0.39, 0.29) is 5.91 Å². The Morgan fingerprint density at radius 1 is 1.04 bits per heavy atom. The lowest BCUT2D eigenvalue weighted by atomic mass is 10.1. The number of fused-ring (bicyclic) bond motifs is 1. The van der Waals surface area contributed by atoms with Crippen molar-refractivity contribution in [2.45, 2.75) is 13.8 Å². The molecule has 0 aliphatic carbocycles. The average Bonchev–Trinajstić information content (AvgIpc) is 3.05. The fourth-order valence-electron chi connectivity index (χ4n) is 3.22. The number of hydrogen-bond donors (Lipinski definition) is 1. The van der Waals surface area contributed by atoms with Crippen LogP contribution in [0.1, 0.15) is 21.5 Å². The van der Waals surface area contributed by atoms with Crippen molar-refractivity contribution >= 4 is 17.4 Å². The first-order chi connectivity index (χ1) is 13.6. The van der Waals surface area contributed by atoms with E-state index >= 15 is 0 Å². The molecule has 1 amide bonds. The maximum Gasteiger partial charge on any atom is 0.257 e. The zero-order valence-electron chi connectivity index (χ0n) is 16.1. The van der Waals surface area contributed by atoms with Crippen molar-refractivity contribution in [3.05, 3.63) is 83.6 Å². The number of ether oxygens (including phenoxy) is 1. The summed E-state index contributed by atoms with van der Waals surface area (Å²) in [7, 11) is 1.64. The second-order valence-corrected chi connectivity index (χ2v) is 6.74. The van der Waals surface area contributed by atoms with E-state index in [2.05, 4.69) is 5.32 Å². The van der Waals surface area contributed by atoms with Crippen LogP contribution < -0.4 is 10.1 Å². The number of aromatic nitrogens is 2. The summed E-state index contributed by atoms with van der Waals surface area (Å²) in [6, 6.07) is 19.2. The zero-order chi connectivity index (χ0) is 19.7. The van der Waals surface area contributed by atoms with E-state index in [0.717, 1.165) is 33.8 Å². The van der Waals surface area contributed by atoms with Gasteiger partial charge in [0.05, 0.1) is 7.11 Å². The number of imidazole rings is 1. The van der Waals surface area contributed by atoms with Crippen molar-refractivity contribution in [3.63, 3.8) is 0 Å². The van der Waals surface area contributed by atoms with Crippen LogP contribution >= 0.6 is 0 Å². The Bertz CT molecular complexity index is 1160. The largest absolute Gasteiger partial charge is 0.497 e. The van der Waals surface area contributed by atoms with E-state index in [0.29, 0.717) is 11.4 Å². The van der Waals surface area contributed by atoms with Gasteiger partial charge in [0.1, 0.15) is 22.9 Å². The lowest BCUT2D eigenvalue weighted by Crippen LogP contribution is -2.15. The number of methoxy groups -OCH3 is 1. The molecule has 5 nitrogen and oxygen atoms in total. The van der Waals surface area contributed by atoms with E-state index in [1.165, 1.54) is 0 Å². The molecule has 0 saturated heterocycles. The average molecular weight is 371 g/mol. The van der Waals surface area contributed by atoms with Gasteiger partial charge in [0, 0.05) is 17.3 Å². The summed E-state index contributed by atoms with van der Waals surface area (Å²) in [6.07, 6.45) is 1.93. The smallest absolute Gasteiger partial charge is 0.257 e. The number of nitrogens with one attached hydrogen (secondary N) is 1. The van der Waals surface area contributed by atoms with Crippen molar-refractivity contribution in [1.29, 1.82) is 0 Å². The highest BCUT2D eigenvalue weighted by atomic mass is 16.5. The third kappa shape index (κ3) is 3.22. The van der Waals surface area contributed by atoms with Crippen LogP contribution in [0.15, 0.2) is 66.9 Å². The Morgan fingerprint density at radius 3 is 2.50 bits per heavy atom. The van der Waals surface area contributed by atoms with E-state index in [4.69, 9.17) is 9.72 Å². The highest BCUT2D eigenvalue weighted by Gasteiger charge is 2.18. The van der Waals surface area contributed by atoms with Gasteiger partial charge in [-0.05, 0) is 67.4 Å². The van der Waals surface area contributed by atoms with Crippen LogP contribution in [0.2, 0.25) is 0 Å². The molecule has 4 aromatic rings. The molecule has 0 fully saturated rings. The molecule has 140 valence electrons. The van der Waals surface area contributed by atoms with Gasteiger partial charge in [0.25, 0.3) is 5.91 Å². The number of rotatable bonds is 4. The third-order valence-electron chi connectivity index (χ3n) is 4.77. The number of benzene rings is 2. The van der Waals surface area contributed by atoms with Gasteiger partial charge in [-0.15, -0.1) is 0 Å². The predicted molar refractivity (Wildman–Crippen MR) is 111 cm³/mol. The molecule has 0 aliphatic heterocycles. The first-order valence-corrected chi connectivity index (χ1v) is 9.07. The Labute approximate surface area is 163 Å². The fourth-order valence-corrected chi connectivity index (χ4v) is 3.22. The number of anilines is 1. The highest BCUT2D eigenvalue weighted by Crippen LogP contribution is 2.31. The van der Waals surface area contributed by atoms with Gasteiger partial charge in [-0.1, -0.05) is 18.2 Å². The van der Waals surface area contributed by atoms with Gasteiger partial charge in [-0.2, -0.15) is 0 Å². The minimum atomic E-state index is -0.157. The van der Waals surface area contributed by atoms with E-state index in [1.807, 2.05) is 85.1 Å². The molecule has 0 saturated carbocycles. The number of hydrogen-bond acceptors (Lipinski definition) is 3. The van der Waals surface area contributed by atoms with Crippen molar-refractivity contribution in [2.75, 3.05) is 12.4 Å². The summed E-state index contributed by atoms with van der Waals surface area (Å²) in [6.45, 7) is 3.95. The number of carbonyl (C=O) groups is 1. The van der Waals surface area contributed by atoms with Crippen LogP contribution in [0.4, 0.5) is 5.82 Å². The molecule has 0 bridgehead atoms. The Morgan fingerprint density at radius 2 is 1.79 bits per heavy atom. The van der Waals surface area contributed by atoms with E-state index < -0.39 is 0 Å². The number of amides is 1. The minimum absolute atomic E-state index is 0.157. The Hall–Kier alpha value is -3.60. The van der Waals surface area contributed by atoms with Crippen molar-refractivity contribution in [1.82, 2.24) is 9.38 Å². The SMILES string of the molecule is COc1ccc(-c2nc3cc(C)ccn3c2NC(=O)c2ccccc2C)cc1. The van der Waals surface area contributed by atoms with Crippen LogP contribution in [-0.2, 0) is 0 Å². The van der Waals surface area contributed by atoms with Gasteiger partial charge >= 0.3 is 0 Å². The minimum Gasteiger partial charge on any atom is -0.497 e. The summed E-state index contributed by atoms with van der Waals surface area (Å²) in [4.78, 5) is 17.7. The quantitative estimate of drug-likeness (QED) is 0.556. The molecule has 1 N–H and O–H groups in total. The topological polar surface area (TPSA) is 55.6 Å². The lowest BCUT2D eigenvalue weighted by Gasteiger charge is -2.10. The molecular weight excluding hydrogens is 350 g/mol. The summed E-state index contributed by atoms with van der Waals surface area (Å²) >= 11 is 0. The molecule has 28 heavy (non-hydrogen) atoms. The first-order valence-electron chi connectivity index (χ1n) is 9.07. The van der Waals surface area contributed by atoms with Gasteiger partial charge in [-0.3, -0.25) is 9.20 Å². The predicted octanol–water partition coefficient (Wildman–Crippen LogP) is 4.88. The fraction of sp³-hybridized carbons (Fsp3) is 0.130. The molecule has 0 atom stereocenters. The van der Waals surface area contributed by atoms with Gasteiger partial charge in [-0.25, -0.2) is 4.98 Å². The summed E-state index contributed by atoms with van der Waals surface area (Å²) in [5, 5.41) is 3.07. The number of aryl methyl sites for hydroxylation is 2. The van der Waals surface area contributed by atoms with Crippen LogP contribution in [0.3, 0.4) is 0 Å². The Kier molecular flexibility index (Phi) is 4.57. The molecule has 2 aromatic heterocycles. The van der Waals surface area contributed by atoms with Gasteiger partial charge in [0.2, 0.25) is 0 Å². The maximum absolute atomic E-state index is 13.0. The molecular formula is C23H21N3O2. The van der Waals surface area contributed by atoms with Crippen LogP contribution in [0, 0.1) is 13.8 Å². The van der Waals surface area contributed by atoms with Crippen molar-refractivity contribution < 1.29 is 9.53 Å². The third-order valence-corrected chi connectivity index (χ3v) is 4.77. The molecule has 0 aliphatic rings. The first kappa shape index (κ1) is 17.8. The van der Waals surface area contributed by atoms with Crippen LogP contribution in [-0.4, -0.2) is 22.4 Å². The summed E-state index contributed by atoms with van der Waals surface area (Å²) < 4.78 is 7.16. The maximum atomic E-state index is 13.0. The lowest BCUT2D eigenvalue weighted by molar-refractivity contribution is 0.102. The van der Waals surface area contributed by atoms with Crippen LogP contribution in [0.25, 0.3) is 16.9 Å². The highest BCUT2D eigenvalue weighted by molar-refractivity contribution is 6.06. The van der Waals surface area contributed by atoms with Crippen molar-refractivity contribution in [3.8, 4) is 17.0 Å². The van der Waals surface area contributed by atoms with E-state index in [1.54, 1.807) is 7.11 Å². The summed E-state index contributed by atoms with van der Waals surface area (Å²) in [5.41, 5.74) is 5.08. The van der Waals surface area contributed by atoms with Crippen LogP contribution in [0.5, 0.6) is 5.75 Å². The molecule has 5 heteroatoms. The zero-order valence-corrected chi connectivity index (χ0v) is 16.1. The molecule has 0 spiro atoms. The molecule has 0 unspecified atom stereocenters. The normalized spacial score (nSPS) is 10.8. The molecule has 4 rings (SSSR count). The molecule has 2 heterocycles. The van der Waals surface area contributed by atoms with Gasteiger partial charge in [0.15, 0.2) is 0 Å². The van der Waals surface area contributed by atoms with Crippen molar-refractivity contribution in [2.24, 2.45) is 0 Å². The standard InChI is InChI=1S/C23H21N3O2/c1-15-12-13-26-20(14-15)24-21(17-8-10-18(28-3)11-9-17)22(26)25-23(27)19-7-5-4-6-16(19)2/h4-14H,1-3H3,(H,25,27). The molecule has 2 aromatic carbocycles. The Balaban J connectivity index is 1.83. The second-order valence-electron chi connectivity index (χ2n) is 6.74. The second kappa shape index (κ2) is 7.19. The monoisotopic (exact) mass is 371 g/mol.